The van der Waals surface area contributed by atoms with Crippen molar-refractivity contribution >= 4 is 34.4 Å². The van der Waals surface area contributed by atoms with Gasteiger partial charge in [-0.05, 0) is 35.4 Å². The molecule has 0 atom stereocenters. The second kappa shape index (κ2) is 5.51. The first-order chi connectivity index (χ1) is 7.47. The van der Waals surface area contributed by atoms with E-state index in [4.69, 9.17) is 10.5 Å². The zero-order valence-electron chi connectivity index (χ0n) is 9.66. The lowest BCUT2D eigenvalue weighted by atomic mass is 10.1. The third-order valence-electron chi connectivity index (χ3n) is 2.09. The van der Waals surface area contributed by atoms with E-state index in [-0.39, 0.29) is 18.4 Å². The van der Waals surface area contributed by atoms with Crippen LogP contribution in [-0.4, -0.2) is 22.4 Å². The summed E-state index contributed by atoms with van der Waals surface area (Å²) in [5.41, 5.74) is 6.79. The smallest absolute Gasteiger partial charge is 0.327 e. The molecule has 2 N–H and O–H groups in total. The van der Waals surface area contributed by atoms with E-state index >= 15 is 0 Å². The van der Waals surface area contributed by atoms with Crippen LogP contribution in [0.4, 0.5) is 5.82 Å². The highest BCUT2D eigenvalue weighted by atomic mass is 127. The molecule has 6 heteroatoms. The molecule has 16 heavy (non-hydrogen) atoms. The van der Waals surface area contributed by atoms with Gasteiger partial charge in [-0.25, -0.2) is 4.68 Å². The van der Waals surface area contributed by atoms with Crippen LogP contribution in [0.1, 0.15) is 32.4 Å². The van der Waals surface area contributed by atoms with Crippen molar-refractivity contribution in [2.45, 2.75) is 33.2 Å². The van der Waals surface area contributed by atoms with E-state index in [0.717, 1.165) is 9.26 Å². The number of esters is 1. The minimum Gasteiger partial charge on any atom is -0.465 e. The molecule has 0 aliphatic rings. The van der Waals surface area contributed by atoms with Gasteiger partial charge < -0.3 is 10.5 Å². The summed E-state index contributed by atoms with van der Waals surface area (Å²) >= 11 is 2.15. The van der Waals surface area contributed by atoms with Crippen molar-refractivity contribution in [1.29, 1.82) is 0 Å². The molecule has 1 rings (SSSR count). The number of rotatable bonds is 4. The van der Waals surface area contributed by atoms with Crippen molar-refractivity contribution in [2.24, 2.45) is 0 Å². The van der Waals surface area contributed by atoms with Crippen molar-refractivity contribution in [2.75, 3.05) is 12.3 Å². The highest BCUT2D eigenvalue weighted by molar-refractivity contribution is 14.1. The number of hydrogen-bond acceptors (Lipinski definition) is 4. The summed E-state index contributed by atoms with van der Waals surface area (Å²) in [6, 6.07) is 0. The Morgan fingerprint density at radius 1 is 1.62 bits per heavy atom. The first-order valence-corrected chi connectivity index (χ1v) is 6.22. The number of ether oxygens (including phenoxy) is 1. The van der Waals surface area contributed by atoms with Crippen LogP contribution < -0.4 is 5.73 Å². The molecule has 90 valence electrons. The first-order valence-electron chi connectivity index (χ1n) is 5.14. The summed E-state index contributed by atoms with van der Waals surface area (Å²) in [5, 5.41) is 4.31. The normalized spacial score (nSPS) is 10.8. The monoisotopic (exact) mass is 337 g/mol. The molecule has 0 aliphatic carbocycles. The molecular formula is C10H16IN3O2. The summed E-state index contributed by atoms with van der Waals surface area (Å²) < 4.78 is 7.26. The average molecular weight is 337 g/mol. The Balaban J connectivity index is 2.89. The largest absolute Gasteiger partial charge is 0.465 e. The molecule has 0 bridgehead atoms. The summed E-state index contributed by atoms with van der Waals surface area (Å²) in [6.45, 7) is 6.29. The Morgan fingerprint density at radius 3 is 2.69 bits per heavy atom. The van der Waals surface area contributed by atoms with Crippen molar-refractivity contribution < 1.29 is 9.53 Å². The molecule has 1 aromatic rings. The molecule has 0 saturated carbocycles. The molecule has 0 amide bonds. The maximum atomic E-state index is 11.3. The van der Waals surface area contributed by atoms with Gasteiger partial charge in [0, 0.05) is 0 Å². The Kier molecular flexibility index (Phi) is 4.57. The van der Waals surface area contributed by atoms with E-state index in [9.17, 15) is 4.79 Å². The van der Waals surface area contributed by atoms with Crippen LogP contribution in [0.3, 0.4) is 0 Å². The number of carbonyl (C=O) groups excluding carboxylic acids is 1. The van der Waals surface area contributed by atoms with Crippen LogP contribution >= 0.6 is 22.6 Å². The Labute approximate surface area is 108 Å². The molecule has 0 spiro atoms. The maximum absolute atomic E-state index is 11.3. The number of nitrogen functional groups attached to an aromatic ring is 1. The Hall–Kier alpha value is -0.790. The van der Waals surface area contributed by atoms with E-state index in [1.54, 1.807) is 6.92 Å². The van der Waals surface area contributed by atoms with Crippen molar-refractivity contribution in [3.8, 4) is 0 Å². The van der Waals surface area contributed by atoms with Gasteiger partial charge in [0.05, 0.1) is 15.9 Å². The standard InChI is InChI=1S/C10H16IN3O2/c1-4-16-7(15)5-14-10(12)8(11)9(13-14)6(2)3/h6H,4-5,12H2,1-3H3. The maximum Gasteiger partial charge on any atom is 0.327 e. The minimum absolute atomic E-state index is 0.0718. The van der Waals surface area contributed by atoms with Gasteiger partial charge in [-0.15, -0.1) is 0 Å². The summed E-state index contributed by atoms with van der Waals surface area (Å²) in [4.78, 5) is 11.3. The fraction of sp³-hybridized carbons (Fsp3) is 0.600. The fourth-order valence-electron chi connectivity index (χ4n) is 1.29. The van der Waals surface area contributed by atoms with Crippen LogP contribution in [0.15, 0.2) is 0 Å². The lowest BCUT2D eigenvalue weighted by molar-refractivity contribution is -0.144. The number of carbonyl (C=O) groups is 1. The quantitative estimate of drug-likeness (QED) is 0.671. The van der Waals surface area contributed by atoms with Crippen LogP contribution in [0.25, 0.3) is 0 Å². The molecule has 0 aliphatic heterocycles. The Bertz CT molecular complexity index is 388. The lowest BCUT2D eigenvalue weighted by Crippen LogP contribution is -2.16. The molecule has 0 fully saturated rings. The molecule has 1 aromatic heterocycles. The molecule has 1 heterocycles. The number of nitrogens with two attached hydrogens (primary N) is 1. The molecular weight excluding hydrogens is 321 g/mol. The highest BCUT2D eigenvalue weighted by Crippen LogP contribution is 2.25. The van der Waals surface area contributed by atoms with Gasteiger partial charge in [-0.3, -0.25) is 4.79 Å². The molecule has 0 aromatic carbocycles. The van der Waals surface area contributed by atoms with Crippen LogP contribution in [-0.2, 0) is 16.1 Å². The number of anilines is 1. The third kappa shape index (κ3) is 2.87. The van der Waals surface area contributed by atoms with Gasteiger partial charge in [0.1, 0.15) is 12.4 Å². The summed E-state index contributed by atoms with van der Waals surface area (Å²) in [7, 11) is 0. The fourth-order valence-corrected chi connectivity index (χ4v) is 2.30. The molecule has 0 unspecified atom stereocenters. The predicted molar refractivity (Wildman–Crippen MR) is 70.1 cm³/mol. The van der Waals surface area contributed by atoms with Gasteiger partial charge >= 0.3 is 5.97 Å². The van der Waals surface area contributed by atoms with Crippen LogP contribution in [0.5, 0.6) is 0 Å². The zero-order valence-corrected chi connectivity index (χ0v) is 11.8. The van der Waals surface area contributed by atoms with Crippen LogP contribution in [0.2, 0.25) is 0 Å². The number of nitrogens with zero attached hydrogens (tertiary/aromatic N) is 2. The van der Waals surface area contributed by atoms with Gasteiger partial charge in [0.25, 0.3) is 0 Å². The second-order valence-corrected chi connectivity index (χ2v) is 4.78. The minimum atomic E-state index is -0.316. The van der Waals surface area contributed by atoms with Gasteiger partial charge in [-0.1, -0.05) is 13.8 Å². The predicted octanol–water partition coefficient (Wildman–Crippen LogP) is 1.76. The summed E-state index contributed by atoms with van der Waals surface area (Å²) in [5.74, 6) is 0.499. The molecule has 0 saturated heterocycles. The SMILES string of the molecule is CCOC(=O)Cn1nc(C(C)C)c(I)c1N. The zero-order chi connectivity index (χ0) is 12.3. The van der Waals surface area contributed by atoms with Crippen LogP contribution in [0, 0.1) is 3.57 Å². The van der Waals surface area contributed by atoms with E-state index in [1.807, 2.05) is 13.8 Å². The number of aromatic nitrogens is 2. The van der Waals surface area contributed by atoms with Crippen molar-refractivity contribution in [3.63, 3.8) is 0 Å². The lowest BCUT2D eigenvalue weighted by Gasteiger charge is -2.03. The molecule has 0 radical (unpaired) electrons. The third-order valence-corrected chi connectivity index (χ3v) is 3.19. The second-order valence-electron chi connectivity index (χ2n) is 3.70. The van der Waals surface area contributed by atoms with E-state index in [2.05, 4.69) is 27.7 Å². The first kappa shape index (κ1) is 13.3. The number of hydrogen-bond donors (Lipinski definition) is 1. The van der Waals surface area contributed by atoms with Gasteiger partial charge in [0.2, 0.25) is 0 Å². The van der Waals surface area contributed by atoms with E-state index < -0.39 is 0 Å². The van der Waals surface area contributed by atoms with Crippen molar-refractivity contribution in [3.05, 3.63) is 9.26 Å². The average Bonchev–Trinajstić information content (AvgIpc) is 2.46. The summed E-state index contributed by atoms with van der Waals surface area (Å²) in [6.07, 6.45) is 0. The highest BCUT2D eigenvalue weighted by Gasteiger charge is 2.17. The molecule has 5 nitrogen and oxygen atoms in total. The number of halogens is 1. The topological polar surface area (TPSA) is 70.1 Å². The van der Waals surface area contributed by atoms with Crippen molar-refractivity contribution in [1.82, 2.24) is 9.78 Å². The van der Waals surface area contributed by atoms with Gasteiger partial charge in [0.15, 0.2) is 0 Å². The van der Waals surface area contributed by atoms with E-state index in [1.165, 1.54) is 4.68 Å². The van der Waals surface area contributed by atoms with Gasteiger partial charge in [-0.2, -0.15) is 5.10 Å². The Morgan fingerprint density at radius 2 is 2.25 bits per heavy atom. The van der Waals surface area contributed by atoms with E-state index in [0.29, 0.717) is 12.4 Å².